The van der Waals surface area contributed by atoms with Crippen molar-refractivity contribution in [3.8, 4) is 0 Å². The highest BCUT2D eigenvalue weighted by atomic mass is 16.2. The molecule has 2 unspecified atom stereocenters. The molecule has 1 saturated carbocycles. The summed E-state index contributed by atoms with van der Waals surface area (Å²) in [5, 5.41) is 4.08. The molecule has 0 radical (unpaired) electrons. The Morgan fingerprint density at radius 1 is 1.21 bits per heavy atom. The molecule has 1 aromatic heterocycles. The van der Waals surface area contributed by atoms with Crippen molar-refractivity contribution in [3.63, 3.8) is 0 Å². The van der Waals surface area contributed by atoms with Crippen LogP contribution in [0, 0.1) is 11.8 Å². The van der Waals surface area contributed by atoms with Crippen LogP contribution in [0.3, 0.4) is 0 Å². The zero-order valence-electron chi connectivity index (χ0n) is 10.8. The van der Waals surface area contributed by atoms with Gasteiger partial charge in [-0.25, -0.2) is 0 Å². The van der Waals surface area contributed by atoms with E-state index < -0.39 is 0 Å². The van der Waals surface area contributed by atoms with Gasteiger partial charge in [0.15, 0.2) is 0 Å². The van der Waals surface area contributed by atoms with Crippen LogP contribution in [0.5, 0.6) is 0 Å². The standard InChI is InChI=1S/C13H18N4O2/c14-11-5-8-16(15-11)6-2-7-17-12(18)9-3-1-4-10(9)13(17)19/h5,8-10H,1-4,6-7H2,(H2,14,15). The Hall–Kier alpha value is -1.85. The Balaban J connectivity index is 1.56. The summed E-state index contributed by atoms with van der Waals surface area (Å²) in [4.78, 5) is 25.7. The van der Waals surface area contributed by atoms with Crippen LogP contribution in [0.25, 0.3) is 0 Å². The molecule has 1 aliphatic heterocycles. The minimum absolute atomic E-state index is 0.0344. The number of rotatable bonds is 4. The number of aryl methyl sites for hydroxylation is 1. The molecule has 2 fully saturated rings. The molecule has 0 bridgehead atoms. The second kappa shape index (κ2) is 4.68. The van der Waals surface area contributed by atoms with E-state index in [0.29, 0.717) is 18.9 Å². The van der Waals surface area contributed by atoms with E-state index in [2.05, 4.69) is 5.10 Å². The van der Waals surface area contributed by atoms with E-state index in [-0.39, 0.29) is 23.7 Å². The zero-order valence-corrected chi connectivity index (χ0v) is 10.8. The highest BCUT2D eigenvalue weighted by Gasteiger charge is 2.49. The second-order valence-corrected chi connectivity index (χ2v) is 5.33. The summed E-state index contributed by atoms with van der Waals surface area (Å²) < 4.78 is 1.74. The first kappa shape index (κ1) is 12.2. The number of amides is 2. The van der Waals surface area contributed by atoms with Crippen molar-refractivity contribution < 1.29 is 9.59 Å². The zero-order chi connectivity index (χ0) is 13.4. The number of carbonyl (C=O) groups is 2. The van der Waals surface area contributed by atoms with Crippen LogP contribution in [0.1, 0.15) is 25.7 Å². The molecule has 0 aromatic carbocycles. The lowest BCUT2D eigenvalue weighted by Gasteiger charge is -2.15. The fraction of sp³-hybridized carbons (Fsp3) is 0.615. The summed E-state index contributed by atoms with van der Waals surface area (Å²) in [5.74, 6) is 0.489. The predicted molar refractivity (Wildman–Crippen MR) is 68.8 cm³/mol. The summed E-state index contributed by atoms with van der Waals surface area (Å²) >= 11 is 0. The van der Waals surface area contributed by atoms with Crippen molar-refractivity contribution in [2.24, 2.45) is 11.8 Å². The molecule has 2 heterocycles. The minimum atomic E-state index is -0.0344. The van der Waals surface area contributed by atoms with Crippen LogP contribution >= 0.6 is 0 Å². The monoisotopic (exact) mass is 262 g/mol. The van der Waals surface area contributed by atoms with Crippen LogP contribution in [0.2, 0.25) is 0 Å². The Bertz CT molecular complexity index is 488. The molecule has 2 amide bonds. The van der Waals surface area contributed by atoms with Crippen molar-refractivity contribution >= 4 is 17.6 Å². The molecule has 6 nitrogen and oxygen atoms in total. The summed E-state index contributed by atoms with van der Waals surface area (Å²) in [6.07, 6.45) is 5.28. The summed E-state index contributed by atoms with van der Waals surface area (Å²) in [5.41, 5.74) is 5.53. The largest absolute Gasteiger partial charge is 0.382 e. The van der Waals surface area contributed by atoms with Gasteiger partial charge in [-0.15, -0.1) is 0 Å². The number of anilines is 1. The number of carbonyl (C=O) groups excluding carboxylic acids is 2. The van der Waals surface area contributed by atoms with Crippen LogP contribution in [0.15, 0.2) is 12.3 Å². The first-order chi connectivity index (χ1) is 9.16. The summed E-state index contributed by atoms with van der Waals surface area (Å²) in [6.45, 7) is 1.16. The lowest BCUT2D eigenvalue weighted by atomic mass is 10.00. The van der Waals surface area contributed by atoms with Crippen molar-refractivity contribution in [2.45, 2.75) is 32.2 Å². The normalized spacial score (nSPS) is 26.2. The Morgan fingerprint density at radius 2 is 1.89 bits per heavy atom. The molecule has 2 aliphatic rings. The number of likely N-dealkylation sites (tertiary alicyclic amines) is 1. The molecule has 1 aromatic rings. The quantitative estimate of drug-likeness (QED) is 0.807. The van der Waals surface area contributed by atoms with Gasteiger partial charge >= 0.3 is 0 Å². The van der Waals surface area contributed by atoms with Gasteiger partial charge in [-0.1, -0.05) is 6.42 Å². The number of hydrogen-bond donors (Lipinski definition) is 1. The highest BCUT2D eigenvalue weighted by molar-refractivity contribution is 6.05. The number of imide groups is 1. The van der Waals surface area contributed by atoms with E-state index in [0.717, 1.165) is 25.7 Å². The first-order valence-corrected chi connectivity index (χ1v) is 6.81. The smallest absolute Gasteiger partial charge is 0.233 e. The number of fused-ring (bicyclic) bond motifs is 1. The Morgan fingerprint density at radius 3 is 2.47 bits per heavy atom. The molecule has 2 atom stereocenters. The van der Waals surface area contributed by atoms with Gasteiger partial charge in [-0.05, 0) is 25.3 Å². The van der Waals surface area contributed by atoms with E-state index in [4.69, 9.17) is 5.73 Å². The lowest BCUT2D eigenvalue weighted by Crippen LogP contribution is -2.33. The molecular formula is C13H18N4O2. The third-order valence-electron chi connectivity index (χ3n) is 4.11. The van der Waals surface area contributed by atoms with Gasteiger partial charge in [0.25, 0.3) is 0 Å². The van der Waals surface area contributed by atoms with Crippen molar-refractivity contribution in [1.29, 1.82) is 0 Å². The van der Waals surface area contributed by atoms with Gasteiger partial charge < -0.3 is 5.73 Å². The third-order valence-corrected chi connectivity index (χ3v) is 4.11. The van der Waals surface area contributed by atoms with Crippen LogP contribution < -0.4 is 5.73 Å². The van der Waals surface area contributed by atoms with Gasteiger partial charge in [-0.2, -0.15) is 5.10 Å². The van der Waals surface area contributed by atoms with Gasteiger partial charge in [0.05, 0.1) is 11.8 Å². The summed E-state index contributed by atoms with van der Waals surface area (Å²) in [6, 6.07) is 1.73. The number of aromatic nitrogens is 2. The number of hydrogen-bond acceptors (Lipinski definition) is 4. The third kappa shape index (κ3) is 2.11. The fourth-order valence-corrected chi connectivity index (χ4v) is 3.17. The number of nitrogens with zero attached hydrogens (tertiary/aromatic N) is 3. The average molecular weight is 262 g/mol. The molecule has 2 N–H and O–H groups in total. The maximum absolute atomic E-state index is 12.1. The van der Waals surface area contributed by atoms with E-state index >= 15 is 0 Å². The molecule has 19 heavy (non-hydrogen) atoms. The maximum atomic E-state index is 12.1. The SMILES string of the molecule is Nc1ccn(CCCN2C(=O)C3CCCC3C2=O)n1. The van der Waals surface area contributed by atoms with Gasteiger partial charge in [-0.3, -0.25) is 19.2 Å². The molecule has 3 rings (SSSR count). The lowest BCUT2D eigenvalue weighted by molar-refractivity contribution is -0.140. The van der Waals surface area contributed by atoms with E-state index in [1.165, 1.54) is 4.90 Å². The molecule has 1 aliphatic carbocycles. The van der Waals surface area contributed by atoms with E-state index in [9.17, 15) is 9.59 Å². The Kier molecular flexibility index (Phi) is 3.00. The maximum Gasteiger partial charge on any atom is 0.233 e. The second-order valence-electron chi connectivity index (χ2n) is 5.33. The van der Waals surface area contributed by atoms with E-state index in [1.807, 2.05) is 0 Å². The van der Waals surface area contributed by atoms with Crippen LogP contribution in [-0.4, -0.2) is 33.0 Å². The number of nitrogens with two attached hydrogens (primary N) is 1. The predicted octanol–water partition coefficient (Wildman–Crippen LogP) is 0.640. The van der Waals surface area contributed by atoms with E-state index in [1.54, 1.807) is 16.9 Å². The van der Waals surface area contributed by atoms with Crippen LogP contribution in [0.4, 0.5) is 5.82 Å². The number of nitrogen functional groups attached to an aromatic ring is 1. The van der Waals surface area contributed by atoms with Gasteiger partial charge in [0, 0.05) is 19.3 Å². The van der Waals surface area contributed by atoms with Crippen LogP contribution in [-0.2, 0) is 16.1 Å². The highest BCUT2D eigenvalue weighted by Crippen LogP contribution is 2.39. The topological polar surface area (TPSA) is 81.2 Å². The first-order valence-electron chi connectivity index (χ1n) is 6.81. The fourth-order valence-electron chi connectivity index (χ4n) is 3.17. The summed E-state index contributed by atoms with van der Waals surface area (Å²) in [7, 11) is 0. The average Bonchev–Trinajstić information content (AvgIpc) is 3.05. The van der Waals surface area contributed by atoms with Crippen molar-refractivity contribution in [1.82, 2.24) is 14.7 Å². The molecule has 6 heteroatoms. The minimum Gasteiger partial charge on any atom is -0.382 e. The molecule has 102 valence electrons. The van der Waals surface area contributed by atoms with Gasteiger partial charge in [0.2, 0.25) is 11.8 Å². The van der Waals surface area contributed by atoms with Crippen molar-refractivity contribution in [3.05, 3.63) is 12.3 Å². The molecule has 0 spiro atoms. The molecule has 1 saturated heterocycles. The molecular weight excluding hydrogens is 244 g/mol. The van der Waals surface area contributed by atoms with Crippen molar-refractivity contribution in [2.75, 3.05) is 12.3 Å². The van der Waals surface area contributed by atoms with Gasteiger partial charge in [0.1, 0.15) is 5.82 Å². The Labute approximate surface area is 111 Å².